The van der Waals surface area contributed by atoms with Crippen LogP contribution >= 0.6 is 0 Å². The first kappa shape index (κ1) is 20.9. The minimum atomic E-state index is 0.0418. The van der Waals surface area contributed by atoms with Gasteiger partial charge in [0.2, 0.25) is 5.91 Å². The Labute approximate surface area is 172 Å². The fraction of sp³-hybridized carbons (Fsp3) is 0.455. The average Bonchev–Trinajstić information content (AvgIpc) is 3.19. The van der Waals surface area contributed by atoms with E-state index in [0.29, 0.717) is 25.2 Å². The Balaban J connectivity index is 1.60. The monoisotopic (exact) mass is 394 g/mol. The highest BCUT2D eigenvalue weighted by atomic mass is 16.1. The van der Waals surface area contributed by atoms with Crippen LogP contribution in [0, 0.1) is 13.8 Å². The van der Waals surface area contributed by atoms with Crippen molar-refractivity contribution in [1.82, 2.24) is 29.8 Å². The zero-order valence-electron chi connectivity index (χ0n) is 17.8. The van der Waals surface area contributed by atoms with Gasteiger partial charge in [0.05, 0.1) is 0 Å². The topological polar surface area (TPSA) is 75.4 Å². The number of aromatic nitrogens is 4. The van der Waals surface area contributed by atoms with E-state index in [4.69, 9.17) is 0 Å². The Morgan fingerprint density at radius 3 is 2.59 bits per heavy atom. The van der Waals surface area contributed by atoms with Crippen LogP contribution in [0.1, 0.15) is 48.3 Å². The van der Waals surface area contributed by atoms with Crippen molar-refractivity contribution in [3.8, 4) is 0 Å². The molecule has 0 aliphatic rings. The van der Waals surface area contributed by atoms with Gasteiger partial charge in [-0.2, -0.15) is 10.1 Å². The Kier molecular flexibility index (Phi) is 6.93. The molecule has 0 atom stereocenters. The quantitative estimate of drug-likeness (QED) is 0.604. The lowest BCUT2D eigenvalue weighted by Crippen LogP contribution is -2.26. The summed E-state index contributed by atoms with van der Waals surface area (Å²) in [5.41, 5.74) is 5.39. The minimum Gasteiger partial charge on any atom is -0.352 e. The molecular formula is C22H30N6O. The molecule has 0 unspecified atom stereocenters. The predicted octanol–water partition coefficient (Wildman–Crippen LogP) is 2.83. The van der Waals surface area contributed by atoms with E-state index in [1.54, 1.807) is 4.52 Å². The zero-order valence-corrected chi connectivity index (χ0v) is 17.8. The fourth-order valence-corrected chi connectivity index (χ4v) is 3.61. The van der Waals surface area contributed by atoms with E-state index >= 15 is 0 Å². The number of fused-ring (bicyclic) bond motifs is 1. The molecule has 1 N–H and O–H groups in total. The lowest BCUT2D eigenvalue weighted by atomic mass is 10.1. The highest BCUT2D eigenvalue weighted by molar-refractivity contribution is 5.76. The third-order valence-corrected chi connectivity index (χ3v) is 5.47. The van der Waals surface area contributed by atoms with Crippen molar-refractivity contribution >= 4 is 11.7 Å². The van der Waals surface area contributed by atoms with Crippen LogP contribution in [-0.2, 0) is 24.3 Å². The number of carbonyl (C=O) groups is 1. The summed E-state index contributed by atoms with van der Waals surface area (Å²) in [7, 11) is 0. The molecule has 0 spiro atoms. The minimum absolute atomic E-state index is 0.0418. The van der Waals surface area contributed by atoms with Crippen molar-refractivity contribution in [1.29, 1.82) is 0 Å². The molecule has 2 heterocycles. The number of hydrogen-bond acceptors (Lipinski definition) is 5. The van der Waals surface area contributed by atoms with Crippen LogP contribution in [0.5, 0.6) is 0 Å². The van der Waals surface area contributed by atoms with Gasteiger partial charge in [-0.05, 0) is 50.0 Å². The number of amides is 1. The average molecular weight is 395 g/mol. The first-order chi connectivity index (χ1) is 14.0. The number of hydrogen-bond donors (Lipinski definition) is 1. The van der Waals surface area contributed by atoms with Crippen LogP contribution in [0.25, 0.3) is 5.78 Å². The molecule has 0 saturated carbocycles. The number of carbonyl (C=O) groups excluding carboxylic acids is 1. The van der Waals surface area contributed by atoms with Gasteiger partial charge in [0.1, 0.15) is 6.33 Å². The first-order valence-electron chi connectivity index (χ1n) is 10.2. The third kappa shape index (κ3) is 4.98. The van der Waals surface area contributed by atoms with Gasteiger partial charge < -0.3 is 5.32 Å². The molecule has 0 bridgehead atoms. The highest BCUT2D eigenvalue weighted by Gasteiger charge is 2.13. The number of benzene rings is 1. The van der Waals surface area contributed by atoms with Crippen molar-refractivity contribution in [3.63, 3.8) is 0 Å². The molecule has 0 radical (unpaired) electrons. The molecule has 7 heteroatoms. The van der Waals surface area contributed by atoms with Crippen molar-refractivity contribution in [2.75, 3.05) is 13.1 Å². The maximum absolute atomic E-state index is 12.5. The Hall–Kier alpha value is -2.80. The van der Waals surface area contributed by atoms with Gasteiger partial charge in [0, 0.05) is 30.9 Å². The Morgan fingerprint density at radius 1 is 1.14 bits per heavy atom. The molecule has 29 heavy (non-hydrogen) atoms. The van der Waals surface area contributed by atoms with E-state index in [2.05, 4.69) is 57.3 Å². The van der Waals surface area contributed by atoms with Crippen LogP contribution in [0.15, 0.2) is 30.6 Å². The highest BCUT2D eigenvalue weighted by Crippen LogP contribution is 2.15. The molecule has 1 aromatic carbocycles. The molecule has 3 rings (SSSR count). The SMILES string of the molecule is CCN(CC)Cc1ccccc1CNC(=O)CCc1c(C)nc2ncnn2c1C. The molecular weight excluding hydrogens is 364 g/mol. The standard InChI is InChI=1S/C22H30N6O/c1-5-27(6-2)14-19-10-8-7-9-18(19)13-23-21(29)12-11-20-16(3)26-22-24-15-25-28(22)17(20)4/h7-10,15H,5-6,11-14H2,1-4H3,(H,23,29). The van der Waals surface area contributed by atoms with Gasteiger partial charge in [-0.25, -0.2) is 9.50 Å². The molecule has 0 fully saturated rings. The second kappa shape index (κ2) is 9.60. The summed E-state index contributed by atoms with van der Waals surface area (Å²) >= 11 is 0. The van der Waals surface area contributed by atoms with Crippen LogP contribution in [0.2, 0.25) is 0 Å². The molecule has 1 amide bonds. The van der Waals surface area contributed by atoms with Crippen molar-refractivity contribution in [2.45, 2.75) is 53.6 Å². The van der Waals surface area contributed by atoms with Gasteiger partial charge in [0.15, 0.2) is 0 Å². The Bertz CT molecular complexity index is 977. The first-order valence-corrected chi connectivity index (χ1v) is 10.2. The lowest BCUT2D eigenvalue weighted by Gasteiger charge is -2.20. The molecule has 7 nitrogen and oxygen atoms in total. The normalized spacial score (nSPS) is 11.3. The van der Waals surface area contributed by atoms with Crippen LogP contribution < -0.4 is 5.32 Å². The van der Waals surface area contributed by atoms with E-state index in [1.165, 1.54) is 17.5 Å². The van der Waals surface area contributed by atoms with E-state index in [-0.39, 0.29) is 5.91 Å². The second-order valence-electron chi connectivity index (χ2n) is 7.24. The van der Waals surface area contributed by atoms with Crippen LogP contribution in [0.4, 0.5) is 0 Å². The molecule has 0 aliphatic heterocycles. The largest absolute Gasteiger partial charge is 0.352 e. The fourth-order valence-electron chi connectivity index (χ4n) is 3.61. The lowest BCUT2D eigenvalue weighted by molar-refractivity contribution is -0.121. The van der Waals surface area contributed by atoms with Gasteiger partial charge in [-0.15, -0.1) is 0 Å². The third-order valence-electron chi connectivity index (χ3n) is 5.47. The van der Waals surface area contributed by atoms with Gasteiger partial charge >= 0.3 is 0 Å². The maximum Gasteiger partial charge on any atom is 0.252 e. The smallest absolute Gasteiger partial charge is 0.252 e. The van der Waals surface area contributed by atoms with Crippen molar-refractivity contribution in [3.05, 3.63) is 58.7 Å². The van der Waals surface area contributed by atoms with E-state index < -0.39 is 0 Å². The van der Waals surface area contributed by atoms with Crippen molar-refractivity contribution < 1.29 is 4.79 Å². The summed E-state index contributed by atoms with van der Waals surface area (Å²) in [6.07, 6.45) is 2.55. The number of nitrogens with zero attached hydrogens (tertiary/aromatic N) is 5. The van der Waals surface area contributed by atoms with Crippen LogP contribution in [-0.4, -0.2) is 43.5 Å². The summed E-state index contributed by atoms with van der Waals surface area (Å²) < 4.78 is 1.73. The van der Waals surface area contributed by atoms with Gasteiger partial charge in [-0.1, -0.05) is 38.1 Å². The van der Waals surface area contributed by atoms with Gasteiger partial charge in [0.25, 0.3) is 5.78 Å². The molecule has 3 aromatic rings. The zero-order chi connectivity index (χ0) is 20.8. The summed E-state index contributed by atoms with van der Waals surface area (Å²) in [5.74, 6) is 0.637. The second-order valence-corrected chi connectivity index (χ2v) is 7.24. The van der Waals surface area contributed by atoms with E-state index in [0.717, 1.165) is 36.6 Å². The molecule has 0 saturated heterocycles. The Morgan fingerprint density at radius 2 is 1.86 bits per heavy atom. The van der Waals surface area contributed by atoms with E-state index in [9.17, 15) is 4.79 Å². The number of aryl methyl sites for hydroxylation is 2. The maximum atomic E-state index is 12.5. The molecule has 0 aliphatic carbocycles. The van der Waals surface area contributed by atoms with Crippen molar-refractivity contribution in [2.24, 2.45) is 0 Å². The number of rotatable bonds is 9. The summed E-state index contributed by atoms with van der Waals surface area (Å²) in [6, 6.07) is 8.32. The number of nitrogens with one attached hydrogen (secondary N) is 1. The van der Waals surface area contributed by atoms with Crippen LogP contribution in [0.3, 0.4) is 0 Å². The predicted molar refractivity (Wildman–Crippen MR) is 113 cm³/mol. The van der Waals surface area contributed by atoms with E-state index in [1.807, 2.05) is 19.9 Å². The summed E-state index contributed by atoms with van der Waals surface area (Å²) in [6.45, 7) is 11.8. The summed E-state index contributed by atoms with van der Waals surface area (Å²) in [4.78, 5) is 23.5. The molecule has 2 aromatic heterocycles. The van der Waals surface area contributed by atoms with Gasteiger partial charge in [-0.3, -0.25) is 9.69 Å². The summed E-state index contributed by atoms with van der Waals surface area (Å²) in [5, 5.41) is 7.29. The molecule has 154 valence electrons.